The van der Waals surface area contributed by atoms with Gasteiger partial charge in [-0.3, -0.25) is 0 Å². The van der Waals surface area contributed by atoms with Gasteiger partial charge in [0.1, 0.15) is 0 Å². The molecule has 1 saturated carbocycles. The predicted octanol–water partition coefficient (Wildman–Crippen LogP) is 3.83. The van der Waals surface area contributed by atoms with Crippen LogP contribution in [0.25, 0.3) is 27.9 Å². The van der Waals surface area contributed by atoms with Crippen molar-refractivity contribution in [2.24, 2.45) is 0 Å². The van der Waals surface area contributed by atoms with Crippen LogP contribution < -0.4 is 5.32 Å². The van der Waals surface area contributed by atoms with Crippen molar-refractivity contribution < 1.29 is 0 Å². The Balaban J connectivity index is 1.85. The van der Waals surface area contributed by atoms with Crippen LogP contribution in [0.3, 0.4) is 0 Å². The van der Waals surface area contributed by atoms with E-state index in [2.05, 4.69) is 57.2 Å². The maximum atomic E-state index is 4.85. The van der Waals surface area contributed by atoms with E-state index in [1.165, 1.54) is 18.4 Å². The molecule has 0 unspecified atom stereocenters. The fourth-order valence-electron chi connectivity index (χ4n) is 3.03. The predicted molar refractivity (Wildman–Crippen MR) is 95.1 cm³/mol. The van der Waals surface area contributed by atoms with Gasteiger partial charge in [0, 0.05) is 17.0 Å². The monoisotopic (exact) mass is 315 g/mol. The molecule has 4 aromatic rings. The Kier molecular flexibility index (Phi) is 2.82. The Hall–Kier alpha value is -2.95. The highest BCUT2D eigenvalue weighted by Gasteiger charge is 2.24. The van der Waals surface area contributed by atoms with Crippen LogP contribution in [0.2, 0.25) is 0 Å². The molecule has 1 aliphatic rings. The molecule has 5 heteroatoms. The van der Waals surface area contributed by atoms with E-state index in [4.69, 9.17) is 4.98 Å². The number of aromatic nitrogens is 4. The van der Waals surface area contributed by atoms with Gasteiger partial charge in [-0.25, -0.2) is 9.38 Å². The molecule has 0 amide bonds. The summed E-state index contributed by atoms with van der Waals surface area (Å²) in [5.41, 5.74) is 4.03. The van der Waals surface area contributed by atoms with E-state index >= 15 is 0 Å². The highest BCUT2D eigenvalue weighted by Crippen LogP contribution is 2.30. The van der Waals surface area contributed by atoms with Crippen molar-refractivity contribution in [2.45, 2.75) is 25.8 Å². The Bertz CT molecular complexity index is 1050. The molecule has 24 heavy (non-hydrogen) atoms. The van der Waals surface area contributed by atoms with Gasteiger partial charge in [-0.15, -0.1) is 10.2 Å². The summed E-state index contributed by atoms with van der Waals surface area (Å²) in [4.78, 5) is 4.85. The molecule has 5 nitrogen and oxygen atoms in total. The molecule has 1 fully saturated rings. The zero-order chi connectivity index (χ0) is 16.1. The molecule has 0 bridgehead atoms. The second-order valence-corrected chi connectivity index (χ2v) is 6.42. The van der Waals surface area contributed by atoms with Crippen molar-refractivity contribution in [3.05, 3.63) is 54.1 Å². The molecule has 0 saturated heterocycles. The average Bonchev–Trinajstić information content (AvgIpc) is 3.30. The second-order valence-electron chi connectivity index (χ2n) is 6.42. The minimum absolute atomic E-state index is 0.509. The molecule has 118 valence electrons. The molecule has 1 aliphatic carbocycles. The van der Waals surface area contributed by atoms with Crippen molar-refractivity contribution >= 4 is 22.5 Å². The Morgan fingerprint density at radius 2 is 1.88 bits per heavy atom. The van der Waals surface area contributed by atoms with Crippen LogP contribution in [0.15, 0.2) is 48.5 Å². The lowest BCUT2D eigenvalue weighted by Gasteiger charge is -2.11. The van der Waals surface area contributed by atoms with Crippen LogP contribution in [0.1, 0.15) is 18.4 Å². The molecule has 2 heterocycles. The third-order valence-corrected chi connectivity index (χ3v) is 4.44. The van der Waals surface area contributed by atoms with Crippen molar-refractivity contribution in [2.75, 3.05) is 5.32 Å². The first-order chi connectivity index (χ1) is 11.8. The Labute approximate surface area is 139 Å². The van der Waals surface area contributed by atoms with E-state index in [1.54, 1.807) is 0 Å². The number of benzene rings is 2. The van der Waals surface area contributed by atoms with E-state index in [9.17, 15) is 0 Å². The number of rotatable bonds is 3. The van der Waals surface area contributed by atoms with Crippen molar-refractivity contribution in [1.82, 2.24) is 19.6 Å². The van der Waals surface area contributed by atoms with Gasteiger partial charge in [0.15, 0.2) is 11.5 Å². The fourth-order valence-corrected chi connectivity index (χ4v) is 3.03. The summed E-state index contributed by atoms with van der Waals surface area (Å²) in [5, 5.41) is 13.5. The number of anilines is 1. The van der Waals surface area contributed by atoms with Crippen molar-refractivity contribution in [3.8, 4) is 11.4 Å². The van der Waals surface area contributed by atoms with Crippen molar-refractivity contribution in [3.63, 3.8) is 0 Å². The van der Waals surface area contributed by atoms with Gasteiger partial charge in [0.25, 0.3) is 0 Å². The van der Waals surface area contributed by atoms with Crippen LogP contribution in [-0.2, 0) is 0 Å². The quantitative estimate of drug-likeness (QED) is 0.624. The summed E-state index contributed by atoms with van der Waals surface area (Å²) in [5.74, 6) is 1.65. The van der Waals surface area contributed by atoms with E-state index in [-0.39, 0.29) is 0 Å². The number of nitrogens with zero attached hydrogens (tertiary/aromatic N) is 4. The second kappa shape index (κ2) is 5.03. The molecule has 2 aromatic carbocycles. The zero-order valence-corrected chi connectivity index (χ0v) is 13.4. The maximum Gasteiger partial charge on any atom is 0.211 e. The molecule has 1 N–H and O–H groups in total. The summed E-state index contributed by atoms with van der Waals surface area (Å²) < 4.78 is 2.05. The summed E-state index contributed by atoms with van der Waals surface area (Å²) in [7, 11) is 0. The molecule has 0 aliphatic heterocycles. The number of hydrogen-bond acceptors (Lipinski definition) is 4. The number of fused-ring (bicyclic) bond motifs is 3. The topological polar surface area (TPSA) is 55.1 Å². The van der Waals surface area contributed by atoms with Gasteiger partial charge in [-0.2, -0.15) is 0 Å². The van der Waals surface area contributed by atoms with Crippen LogP contribution in [0, 0.1) is 6.92 Å². The van der Waals surface area contributed by atoms with Crippen LogP contribution in [-0.4, -0.2) is 25.6 Å². The van der Waals surface area contributed by atoms with E-state index in [1.807, 2.05) is 18.2 Å². The van der Waals surface area contributed by atoms with Gasteiger partial charge in [0.2, 0.25) is 5.95 Å². The number of aryl methyl sites for hydroxylation is 1. The highest BCUT2D eigenvalue weighted by atomic mass is 15.3. The highest BCUT2D eigenvalue weighted by molar-refractivity contribution is 5.93. The lowest BCUT2D eigenvalue weighted by Crippen LogP contribution is -2.09. The van der Waals surface area contributed by atoms with Crippen LogP contribution in [0.5, 0.6) is 0 Å². The molecule has 0 atom stereocenters. The molecule has 5 rings (SSSR count). The molecule has 0 spiro atoms. The van der Waals surface area contributed by atoms with Gasteiger partial charge < -0.3 is 5.32 Å². The first-order valence-electron chi connectivity index (χ1n) is 8.27. The third-order valence-electron chi connectivity index (χ3n) is 4.44. The lowest BCUT2D eigenvalue weighted by atomic mass is 10.1. The SMILES string of the molecule is Cc1ccc2nc(NC3CC3)n3c(-c4ccccc4)nnc3c2c1. The number of nitrogens with one attached hydrogen (secondary N) is 1. The fraction of sp³-hybridized carbons (Fsp3) is 0.211. The van der Waals surface area contributed by atoms with Gasteiger partial charge in [0.05, 0.1) is 5.52 Å². The summed E-state index contributed by atoms with van der Waals surface area (Å²) in [6.07, 6.45) is 2.38. The first kappa shape index (κ1) is 13.5. The largest absolute Gasteiger partial charge is 0.353 e. The number of hydrogen-bond donors (Lipinski definition) is 1. The minimum Gasteiger partial charge on any atom is -0.353 e. The molecular formula is C19H17N5. The smallest absolute Gasteiger partial charge is 0.211 e. The molecule has 0 radical (unpaired) electrons. The third kappa shape index (κ3) is 2.12. The molecule has 2 aromatic heterocycles. The van der Waals surface area contributed by atoms with E-state index in [0.717, 1.165) is 33.9 Å². The first-order valence-corrected chi connectivity index (χ1v) is 8.27. The molecular weight excluding hydrogens is 298 g/mol. The lowest BCUT2D eigenvalue weighted by molar-refractivity contribution is 1.03. The van der Waals surface area contributed by atoms with Gasteiger partial charge in [-0.1, -0.05) is 42.0 Å². The normalized spacial score (nSPS) is 14.4. The van der Waals surface area contributed by atoms with Crippen molar-refractivity contribution in [1.29, 1.82) is 0 Å². The average molecular weight is 315 g/mol. The Morgan fingerprint density at radius 1 is 1.04 bits per heavy atom. The van der Waals surface area contributed by atoms with E-state index in [0.29, 0.717) is 6.04 Å². The van der Waals surface area contributed by atoms with Gasteiger partial charge >= 0.3 is 0 Å². The summed E-state index contributed by atoms with van der Waals surface area (Å²) in [6, 6.07) is 16.9. The van der Waals surface area contributed by atoms with Crippen LogP contribution >= 0.6 is 0 Å². The standard InChI is InChI=1S/C19H17N5/c1-12-7-10-16-15(11-12)18-23-22-17(13-5-3-2-4-6-13)24(18)19(21-16)20-14-8-9-14/h2-7,10-11,14H,8-9H2,1H3,(H,20,21). The van der Waals surface area contributed by atoms with E-state index < -0.39 is 0 Å². The Morgan fingerprint density at radius 3 is 2.67 bits per heavy atom. The zero-order valence-electron chi connectivity index (χ0n) is 13.4. The maximum absolute atomic E-state index is 4.85. The minimum atomic E-state index is 0.509. The van der Waals surface area contributed by atoms with Crippen LogP contribution in [0.4, 0.5) is 5.95 Å². The van der Waals surface area contributed by atoms with Gasteiger partial charge in [-0.05, 0) is 31.9 Å². The summed E-state index contributed by atoms with van der Waals surface area (Å²) >= 11 is 0. The summed E-state index contributed by atoms with van der Waals surface area (Å²) in [6.45, 7) is 2.08.